The molecule has 0 aromatic heterocycles. The molecule has 0 bridgehead atoms. The zero-order valence-electron chi connectivity index (χ0n) is 13.4. The van der Waals surface area contributed by atoms with E-state index in [-0.39, 0.29) is 4.90 Å². The van der Waals surface area contributed by atoms with Crippen molar-refractivity contribution >= 4 is 15.7 Å². The van der Waals surface area contributed by atoms with Crippen molar-refractivity contribution in [2.24, 2.45) is 11.1 Å². The lowest BCUT2D eigenvalue weighted by Gasteiger charge is -2.38. The van der Waals surface area contributed by atoms with Gasteiger partial charge in [-0.15, -0.1) is 0 Å². The number of sulfonamides is 1. The predicted molar refractivity (Wildman–Crippen MR) is 90.0 cm³/mol. The summed E-state index contributed by atoms with van der Waals surface area (Å²) >= 11 is 0. The van der Waals surface area contributed by atoms with Crippen molar-refractivity contribution in [2.45, 2.75) is 17.7 Å². The number of hydrogen-bond acceptors (Lipinski definition) is 5. The van der Waals surface area contributed by atoms with Crippen LogP contribution in [-0.4, -0.2) is 59.3 Å². The zero-order valence-corrected chi connectivity index (χ0v) is 14.2. The normalized spacial score (nSPS) is 21.5. The molecule has 2 saturated heterocycles. The fraction of sp³-hybridized carbons (Fsp3) is 0.625. The van der Waals surface area contributed by atoms with E-state index in [2.05, 4.69) is 9.80 Å². The molecule has 0 spiro atoms. The fourth-order valence-corrected chi connectivity index (χ4v) is 3.84. The van der Waals surface area contributed by atoms with Crippen LogP contribution in [-0.2, 0) is 14.8 Å². The second-order valence-electron chi connectivity index (χ2n) is 6.38. The van der Waals surface area contributed by atoms with E-state index in [4.69, 9.17) is 9.88 Å². The SMILES string of the molecule is NS(=O)(=O)c1ccc(N2CCN(CC3CCOCC3)CC2)cc1. The predicted octanol–water partition coefficient (Wildman–Crippen LogP) is 0.883. The Morgan fingerprint density at radius 1 is 1.04 bits per heavy atom. The Bertz CT molecular complexity index is 604. The molecule has 23 heavy (non-hydrogen) atoms. The second kappa shape index (κ2) is 7.17. The maximum atomic E-state index is 11.3. The highest BCUT2D eigenvalue weighted by atomic mass is 32.2. The van der Waals surface area contributed by atoms with Gasteiger partial charge in [-0.05, 0) is 43.0 Å². The third-order valence-corrected chi connectivity index (χ3v) is 5.69. The molecule has 1 aromatic rings. The van der Waals surface area contributed by atoms with Crippen LogP contribution in [0.3, 0.4) is 0 Å². The van der Waals surface area contributed by atoms with Gasteiger partial charge < -0.3 is 9.64 Å². The largest absolute Gasteiger partial charge is 0.381 e. The number of primary sulfonamides is 1. The Morgan fingerprint density at radius 3 is 2.22 bits per heavy atom. The zero-order chi connectivity index (χ0) is 16.3. The van der Waals surface area contributed by atoms with Crippen LogP contribution in [0.5, 0.6) is 0 Å². The highest BCUT2D eigenvalue weighted by Crippen LogP contribution is 2.21. The summed E-state index contributed by atoms with van der Waals surface area (Å²) < 4.78 is 28.0. The van der Waals surface area contributed by atoms with Gasteiger partial charge in [0.05, 0.1) is 4.90 Å². The highest BCUT2D eigenvalue weighted by Gasteiger charge is 2.22. The van der Waals surface area contributed by atoms with Gasteiger partial charge in [0.15, 0.2) is 0 Å². The summed E-state index contributed by atoms with van der Waals surface area (Å²) in [6.07, 6.45) is 2.35. The maximum absolute atomic E-state index is 11.3. The summed E-state index contributed by atoms with van der Waals surface area (Å²) in [5, 5.41) is 5.14. The molecule has 1 aromatic carbocycles. The molecule has 0 radical (unpaired) electrons. The molecule has 7 heteroatoms. The minimum absolute atomic E-state index is 0.166. The van der Waals surface area contributed by atoms with E-state index in [1.165, 1.54) is 19.4 Å². The Morgan fingerprint density at radius 2 is 1.65 bits per heavy atom. The fourth-order valence-electron chi connectivity index (χ4n) is 3.33. The summed E-state index contributed by atoms with van der Waals surface area (Å²) in [6.45, 7) is 7.02. The number of hydrogen-bond donors (Lipinski definition) is 1. The van der Waals surface area contributed by atoms with Gasteiger partial charge in [0.25, 0.3) is 0 Å². The van der Waals surface area contributed by atoms with Gasteiger partial charge in [-0.2, -0.15) is 0 Å². The van der Waals surface area contributed by atoms with Crippen LogP contribution in [0.4, 0.5) is 5.69 Å². The van der Waals surface area contributed by atoms with Gasteiger partial charge in [-0.3, -0.25) is 4.90 Å². The molecular formula is C16H25N3O3S. The summed E-state index contributed by atoms with van der Waals surface area (Å²) in [5.41, 5.74) is 1.06. The number of anilines is 1. The van der Waals surface area contributed by atoms with Crippen LogP contribution >= 0.6 is 0 Å². The van der Waals surface area contributed by atoms with Crippen molar-refractivity contribution in [3.8, 4) is 0 Å². The van der Waals surface area contributed by atoms with Gasteiger partial charge in [0.2, 0.25) is 10.0 Å². The quantitative estimate of drug-likeness (QED) is 0.881. The van der Waals surface area contributed by atoms with Crippen molar-refractivity contribution in [1.29, 1.82) is 0 Å². The average Bonchev–Trinajstić information content (AvgIpc) is 2.56. The molecule has 0 atom stereocenters. The molecular weight excluding hydrogens is 314 g/mol. The van der Waals surface area contributed by atoms with E-state index in [1.54, 1.807) is 12.1 Å². The summed E-state index contributed by atoms with van der Waals surface area (Å²) in [5.74, 6) is 0.768. The molecule has 0 aliphatic carbocycles. The van der Waals surface area contributed by atoms with E-state index in [1.807, 2.05) is 12.1 Å². The number of nitrogens with two attached hydrogens (primary N) is 1. The molecule has 3 rings (SSSR count). The van der Waals surface area contributed by atoms with Crippen LogP contribution in [0, 0.1) is 5.92 Å². The summed E-state index contributed by atoms with van der Waals surface area (Å²) in [7, 11) is -3.61. The lowest BCUT2D eigenvalue weighted by Crippen LogP contribution is -2.48. The molecule has 0 unspecified atom stereocenters. The highest BCUT2D eigenvalue weighted by molar-refractivity contribution is 7.89. The van der Waals surface area contributed by atoms with E-state index in [0.717, 1.165) is 51.0 Å². The van der Waals surface area contributed by atoms with E-state index in [9.17, 15) is 8.42 Å². The Balaban J connectivity index is 1.52. The van der Waals surface area contributed by atoms with Gasteiger partial charge >= 0.3 is 0 Å². The van der Waals surface area contributed by atoms with Crippen LogP contribution in [0.1, 0.15) is 12.8 Å². The van der Waals surface area contributed by atoms with Crippen LogP contribution in [0.25, 0.3) is 0 Å². The minimum atomic E-state index is -3.61. The summed E-state index contributed by atoms with van der Waals surface area (Å²) in [4.78, 5) is 5.00. The first kappa shape index (κ1) is 16.7. The molecule has 2 heterocycles. The maximum Gasteiger partial charge on any atom is 0.238 e. The van der Waals surface area contributed by atoms with Crippen LogP contribution in [0.2, 0.25) is 0 Å². The first-order valence-electron chi connectivity index (χ1n) is 8.20. The Hall–Kier alpha value is -1.15. The molecule has 2 fully saturated rings. The first-order chi connectivity index (χ1) is 11.0. The van der Waals surface area contributed by atoms with E-state index in [0.29, 0.717) is 0 Å². The average molecular weight is 339 g/mol. The molecule has 0 amide bonds. The minimum Gasteiger partial charge on any atom is -0.381 e. The van der Waals surface area contributed by atoms with Gasteiger partial charge in [-0.1, -0.05) is 0 Å². The summed E-state index contributed by atoms with van der Waals surface area (Å²) in [6, 6.07) is 6.85. The Kier molecular flexibility index (Phi) is 5.21. The van der Waals surface area contributed by atoms with Crippen molar-refractivity contribution in [3.05, 3.63) is 24.3 Å². The lowest BCUT2D eigenvalue weighted by atomic mass is 9.99. The van der Waals surface area contributed by atoms with Crippen LogP contribution < -0.4 is 10.0 Å². The molecule has 2 N–H and O–H groups in total. The third kappa shape index (κ3) is 4.44. The second-order valence-corrected chi connectivity index (χ2v) is 7.94. The number of ether oxygens (including phenoxy) is 1. The van der Waals surface area contributed by atoms with Crippen molar-refractivity contribution in [2.75, 3.05) is 50.8 Å². The molecule has 2 aliphatic rings. The first-order valence-corrected chi connectivity index (χ1v) is 9.75. The van der Waals surface area contributed by atoms with Crippen molar-refractivity contribution in [1.82, 2.24) is 4.90 Å². The number of benzene rings is 1. The third-order valence-electron chi connectivity index (χ3n) is 4.76. The number of rotatable bonds is 4. The smallest absolute Gasteiger partial charge is 0.238 e. The topological polar surface area (TPSA) is 75.9 Å². The number of nitrogens with zero attached hydrogens (tertiary/aromatic N) is 2. The van der Waals surface area contributed by atoms with E-state index < -0.39 is 10.0 Å². The molecule has 2 aliphatic heterocycles. The van der Waals surface area contributed by atoms with E-state index >= 15 is 0 Å². The molecule has 128 valence electrons. The number of piperazine rings is 1. The van der Waals surface area contributed by atoms with Crippen molar-refractivity contribution < 1.29 is 13.2 Å². The van der Waals surface area contributed by atoms with Crippen molar-refractivity contribution in [3.63, 3.8) is 0 Å². The van der Waals surface area contributed by atoms with Gasteiger partial charge in [0, 0.05) is 51.6 Å². The van der Waals surface area contributed by atoms with Gasteiger partial charge in [0.1, 0.15) is 0 Å². The molecule has 0 saturated carbocycles. The monoisotopic (exact) mass is 339 g/mol. The lowest BCUT2D eigenvalue weighted by molar-refractivity contribution is 0.0517. The Labute approximate surface area is 138 Å². The van der Waals surface area contributed by atoms with Gasteiger partial charge in [-0.25, -0.2) is 13.6 Å². The standard InChI is InChI=1S/C16H25N3O3S/c17-23(20,21)16-3-1-15(2-4-16)19-9-7-18(8-10-19)13-14-5-11-22-12-6-14/h1-4,14H,5-13H2,(H2,17,20,21). The molecule has 6 nitrogen and oxygen atoms in total. The van der Waals surface area contributed by atoms with Crippen LogP contribution in [0.15, 0.2) is 29.2 Å².